The Balaban J connectivity index is 1.60. The summed E-state index contributed by atoms with van der Waals surface area (Å²) < 4.78 is 5.88. The zero-order valence-corrected chi connectivity index (χ0v) is 14.2. The molecule has 0 bridgehead atoms. The molecule has 3 N–H and O–H groups in total. The van der Waals surface area contributed by atoms with Crippen molar-refractivity contribution >= 4 is 11.9 Å². The average molecular weight is 351 g/mol. The maximum absolute atomic E-state index is 13.0. The number of rotatable bonds is 5. The fraction of sp³-hybridized carbons (Fsp3) is 0.333. The van der Waals surface area contributed by atoms with E-state index in [0.29, 0.717) is 12.8 Å². The lowest BCUT2D eigenvalue weighted by atomic mass is 9.91. The molecule has 5 heteroatoms. The van der Waals surface area contributed by atoms with Gasteiger partial charge in [-0.3, -0.25) is 9.59 Å². The minimum absolute atomic E-state index is 0.00282. The molecule has 4 rings (SSSR count). The van der Waals surface area contributed by atoms with E-state index in [2.05, 4.69) is 0 Å². The molecule has 2 aromatic carbocycles. The fourth-order valence-electron chi connectivity index (χ4n) is 4.38. The molecule has 2 aromatic rings. The van der Waals surface area contributed by atoms with Crippen molar-refractivity contribution in [2.45, 2.75) is 24.5 Å². The third-order valence-corrected chi connectivity index (χ3v) is 5.75. The van der Waals surface area contributed by atoms with Crippen LogP contribution in [0.25, 0.3) is 0 Å². The van der Waals surface area contributed by atoms with Crippen molar-refractivity contribution < 1.29 is 19.4 Å². The number of nitrogens with two attached hydrogens (primary N) is 1. The highest BCUT2D eigenvalue weighted by atomic mass is 16.5. The van der Waals surface area contributed by atoms with E-state index in [9.17, 15) is 14.7 Å². The highest BCUT2D eigenvalue weighted by Crippen LogP contribution is 2.61. The van der Waals surface area contributed by atoms with E-state index in [4.69, 9.17) is 10.5 Å². The van der Waals surface area contributed by atoms with Crippen LogP contribution in [-0.2, 0) is 14.3 Å². The fourth-order valence-corrected chi connectivity index (χ4v) is 4.38. The van der Waals surface area contributed by atoms with E-state index < -0.39 is 29.5 Å². The predicted molar refractivity (Wildman–Crippen MR) is 95.1 cm³/mol. The summed E-state index contributed by atoms with van der Waals surface area (Å²) in [4.78, 5) is 24.3. The normalized spacial score (nSPS) is 29.2. The smallest absolute Gasteiger partial charge is 0.327 e. The molecule has 2 aliphatic carbocycles. The van der Waals surface area contributed by atoms with Crippen LogP contribution >= 0.6 is 0 Å². The van der Waals surface area contributed by atoms with Crippen LogP contribution in [0.4, 0.5) is 0 Å². The summed E-state index contributed by atoms with van der Waals surface area (Å²) in [5, 5.41) is 9.30. The summed E-state index contributed by atoms with van der Waals surface area (Å²) in [6.07, 6.45) is 0.571. The molecule has 0 aromatic heterocycles. The number of benzene rings is 2. The highest BCUT2D eigenvalue weighted by Gasteiger charge is 2.70. The zero-order valence-electron chi connectivity index (χ0n) is 14.2. The molecule has 0 amide bonds. The van der Waals surface area contributed by atoms with Crippen LogP contribution in [-0.4, -0.2) is 22.6 Å². The average Bonchev–Trinajstić information content (AvgIpc) is 3.32. The van der Waals surface area contributed by atoms with Gasteiger partial charge < -0.3 is 15.6 Å². The molecule has 2 aliphatic rings. The van der Waals surface area contributed by atoms with Crippen molar-refractivity contribution in [3.8, 4) is 0 Å². The summed E-state index contributed by atoms with van der Waals surface area (Å²) in [6, 6.07) is 19.0. The molecule has 2 fully saturated rings. The summed E-state index contributed by atoms with van der Waals surface area (Å²) in [7, 11) is 0. The third-order valence-electron chi connectivity index (χ3n) is 5.75. The zero-order chi connectivity index (χ0) is 18.3. The van der Waals surface area contributed by atoms with Crippen molar-refractivity contribution in [2.24, 2.45) is 23.5 Å². The Morgan fingerprint density at radius 1 is 1.04 bits per heavy atom. The first-order chi connectivity index (χ1) is 12.5. The van der Waals surface area contributed by atoms with E-state index in [0.717, 1.165) is 11.1 Å². The largest absolute Gasteiger partial charge is 0.481 e. The Morgan fingerprint density at radius 2 is 1.58 bits per heavy atom. The maximum Gasteiger partial charge on any atom is 0.327 e. The number of carboxylic acids is 1. The second-order valence-electron chi connectivity index (χ2n) is 7.24. The van der Waals surface area contributed by atoms with Crippen LogP contribution in [0.1, 0.15) is 30.1 Å². The van der Waals surface area contributed by atoms with Gasteiger partial charge in [0, 0.05) is 5.92 Å². The van der Waals surface area contributed by atoms with E-state index in [1.165, 1.54) is 0 Å². The molecule has 0 saturated heterocycles. The molecule has 4 atom stereocenters. The molecule has 5 nitrogen and oxygen atoms in total. The molecule has 26 heavy (non-hydrogen) atoms. The van der Waals surface area contributed by atoms with Gasteiger partial charge in [-0.25, -0.2) is 0 Å². The number of esters is 1. The van der Waals surface area contributed by atoms with E-state index in [1.54, 1.807) is 0 Å². The molecule has 0 spiro atoms. The van der Waals surface area contributed by atoms with E-state index in [-0.39, 0.29) is 11.8 Å². The number of fused-ring (bicyclic) bond motifs is 1. The van der Waals surface area contributed by atoms with Gasteiger partial charge in [-0.1, -0.05) is 60.7 Å². The topological polar surface area (TPSA) is 89.6 Å². The molecule has 4 unspecified atom stereocenters. The van der Waals surface area contributed by atoms with Crippen molar-refractivity contribution in [3.63, 3.8) is 0 Å². The molecular formula is C21H21NO4. The van der Waals surface area contributed by atoms with Crippen molar-refractivity contribution in [2.75, 3.05) is 0 Å². The van der Waals surface area contributed by atoms with Crippen LogP contribution in [0, 0.1) is 17.8 Å². The standard InChI is InChI=1S/C21H21NO4/c22-21(12-11-15-16(17(15)21)19(23)24)20(25)26-18(13-7-3-1-4-8-13)14-9-5-2-6-10-14/h1-10,15-18H,11-12,22H2,(H,23,24). The lowest BCUT2D eigenvalue weighted by Gasteiger charge is -2.28. The van der Waals surface area contributed by atoms with Gasteiger partial charge in [-0.15, -0.1) is 0 Å². The van der Waals surface area contributed by atoms with Gasteiger partial charge in [0.15, 0.2) is 6.10 Å². The first kappa shape index (κ1) is 16.8. The summed E-state index contributed by atoms with van der Waals surface area (Å²) in [6.45, 7) is 0. The van der Waals surface area contributed by atoms with Gasteiger partial charge in [-0.2, -0.15) is 0 Å². The minimum atomic E-state index is -1.21. The Bertz CT molecular complexity index is 783. The predicted octanol–water partition coefficient (Wildman–Crippen LogP) is 2.76. The monoisotopic (exact) mass is 351 g/mol. The van der Waals surface area contributed by atoms with Crippen LogP contribution in [0.2, 0.25) is 0 Å². The highest BCUT2D eigenvalue weighted by molar-refractivity contribution is 5.86. The van der Waals surface area contributed by atoms with Gasteiger partial charge >= 0.3 is 11.9 Å². The number of carboxylic acid groups (broad SMARTS) is 1. The van der Waals surface area contributed by atoms with E-state index in [1.807, 2.05) is 60.7 Å². The second-order valence-corrected chi connectivity index (χ2v) is 7.24. The Labute approximate surface area is 151 Å². The molecule has 2 saturated carbocycles. The van der Waals surface area contributed by atoms with Crippen LogP contribution in [0.5, 0.6) is 0 Å². The quantitative estimate of drug-likeness (QED) is 0.809. The van der Waals surface area contributed by atoms with Crippen molar-refractivity contribution in [1.29, 1.82) is 0 Å². The van der Waals surface area contributed by atoms with Crippen LogP contribution in [0.15, 0.2) is 60.7 Å². The Kier molecular flexibility index (Phi) is 4.04. The Hall–Kier alpha value is -2.66. The van der Waals surface area contributed by atoms with Crippen molar-refractivity contribution in [3.05, 3.63) is 71.8 Å². The van der Waals surface area contributed by atoms with Crippen LogP contribution < -0.4 is 5.73 Å². The number of carbonyl (C=O) groups excluding carboxylic acids is 1. The minimum Gasteiger partial charge on any atom is -0.481 e. The van der Waals surface area contributed by atoms with Gasteiger partial charge in [0.05, 0.1) is 5.92 Å². The number of carbonyl (C=O) groups is 2. The summed E-state index contributed by atoms with van der Waals surface area (Å²) >= 11 is 0. The number of aliphatic carboxylic acids is 1. The maximum atomic E-state index is 13.0. The summed E-state index contributed by atoms with van der Waals surface area (Å²) in [5.41, 5.74) is 6.88. The van der Waals surface area contributed by atoms with E-state index >= 15 is 0 Å². The first-order valence-corrected chi connectivity index (χ1v) is 8.85. The van der Waals surface area contributed by atoms with Gasteiger partial charge in [-0.05, 0) is 29.9 Å². The second kappa shape index (κ2) is 6.25. The lowest BCUT2D eigenvalue weighted by molar-refractivity contribution is -0.155. The molecule has 0 aliphatic heterocycles. The number of ether oxygens (including phenoxy) is 1. The third kappa shape index (κ3) is 2.69. The number of hydrogen-bond acceptors (Lipinski definition) is 4. The molecule has 134 valence electrons. The van der Waals surface area contributed by atoms with Crippen molar-refractivity contribution in [1.82, 2.24) is 0 Å². The van der Waals surface area contributed by atoms with Gasteiger partial charge in [0.2, 0.25) is 0 Å². The first-order valence-electron chi connectivity index (χ1n) is 8.85. The molecule has 0 radical (unpaired) electrons. The Morgan fingerprint density at radius 3 is 2.04 bits per heavy atom. The van der Waals surface area contributed by atoms with Crippen LogP contribution in [0.3, 0.4) is 0 Å². The molecule has 0 heterocycles. The van der Waals surface area contributed by atoms with Gasteiger partial charge in [0.25, 0.3) is 0 Å². The SMILES string of the molecule is NC1(C(=O)OC(c2ccccc2)c2ccccc2)CCC2C(C(=O)O)C21. The van der Waals surface area contributed by atoms with Gasteiger partial charge in [0.1, 0.15) is 5.54 Å². The molecular weight excluding hydrogens is 330 g/mol. The number of hydrogen-bond donors (Lipinski definition) is 2. The summed E-state index contributed by atoms with van der Waals surface area (Å²) in [5.74, 6) is -2.22. The lowest BCUT2D eigenvalue weighted by Crippen LogP contribution is -2.51.